The predicted molar refractivity (Wildman–Crippen MR) is 89.2 cm³/mol. The van der Waals surface area contributed by atoms with E-state index in [1.165, 1.54) is 12.8 Å². The van der Waals surface area contributed by atoms with E-state index in [-0.39, 0.29) is 5.91 Å². The van der Waals surface area contributed by atoms with Crippen LogP contribution in [0.25, 0.3) is 11.3 Å². The molecule has 0 radical (unpaired) electrons. The van der Waals surface area contributed by atoms with Crippen LogP contribution < -0.4 is 5.32 Å². The lowest BCUT2D eigenvalue weighted by molar-refractivity contribution is 0.0947. The molecular formula is C18H23N3O2. The average molecular weight is 313 g/mol. The number of carbonyl (C=O) groups is 1. The average Bonchev–Trinajstić information content (AvgIpc) is 3.28. The number of carbonyl (C=O) groups excluding carboxylic acids is 1. The van der Waals surface area contributed by atoms with E-state index in [9.17, 15) is 4.79 Å². The van der Waals surface area contributed by atoms with Gasteiger partial charge in [-0.2, -0.15) is 5.10 Å². The Morgan fingerprint density at radius 1 is 1.26 bits per heavy atom. The maximum absolute atomic E-state index is 12.1. The minimum Gasteiger partial charge on any atom is -0.378 e. The normalized spacial score (nSPS) is 17.3. The van der Waals surface area contributed by atoms with Crippen molar-refractivity contribution in [3.05, 3.63) is 42.1 Å². The quantitative estimate of drug-likeness (QED) is 0.772. The first kappa shape index (κ1) is 15.7. The van der Waals surface area contributed by atoms with Crippen LogP contribution in [0.3, 0.4) is 0 Å². The molecule has 1 atom stereocenters. The number of amides is 1. The number of rotatable bonds is 7. The summed E-state index contributed by atoms with van der Waals surface area (Å²) in [6.07, 6.45) is 7.74. The Hall–Kier alpha value is -2.14. The van der Waals surface area contributed by atoms with E-state index in [0.717, 1.165) is 37.1 Å². The minimum atomic E-state index is -0.0155. The summed E-state index contributed by atoms with van der Waals surface area (Å²) < 4.78 is 5.60. The number of hydrogen-bond acceptors (Lipinski definition) is 3. The van der Waals surface area contributed by atoms with Gasteiger partial charge in [0.15, 0.2) is 0 Å². The van der Waals surface area contributed by atoms with E-state index in [1.807, 2.05) is 30.3 Å². The summed E-state index contributed by atoms with van der Waals surface area (Å²) in [7, 11) is 0. The van der Waals surface area contributed by atoms with Crippen LogP contribution in [0.15, 0.2) is 36.5 Å². The van der Waals surface area contributed by atoms with Crippen molar-refractivity contribution in [2.75, 3.05) is 13.2 Å². The van der Waals surface area contributed by atoms with E-state index in [0.29, 0.717) is 18.2 Å². The standard InChI is InChI=1S/C18H23N3O2/c22-18(19-11-2-1-4-16-5-3-13-23-16)15-8-6-14(7-9-15)17-10-12-20-21-17/h6-10,12,16H,1-5,11,13H2,(H,19,22)(H,20,21)/t16-/m0/s1. The Morgan fingerprint density at radius 2 is 2.13 bits per heavy atom. The fraction of sp³-hybridized carbons (Fsp3) is 0.444. The first-order valence-corrected chi connectivity index (χ1v) is 8.32. The number of benzene rings is 1. The van der Waals surface area contributed by atoms with Crippen molar-refractivity contribution >= 4 is 5.91 Å². The molecule has 1 saturated heterocycles. The van der Waals surface area contributed by atoms with Gasteiger partial charge in [-0.15, -0.1) is 0 Å². The molecule has 5 nitrogen and oxygen atoms in total. The molecule has 1 aliphatic rings. The van der Waals surface area contributed by atoms with Gasteiger partial charge in [-0.25, -0.2) is 0 Å². The Balaban J connectivity index is 1.39. The molecule has 122 valence electrons. The van der Waals surface area contributed by atoms with E-state index in [4.69, 9.17) is 4.74 Å². The molecule has 0 aliphatic carbocycles. The Kier molecular flexibility index (Phi) is 5.42. The van der Waals surface area contributed by atoms with Crippen LogP contribution in [0.5, 0.6) is 0 Å². The van der Waals surface area contributed by atoms with Gasteiger partial charge in [-0.1, -0.05) is 12.1 Å². The van der Waals surface area contributed by atoms with Gasteiger partial charge in [0.25, 0.3) is 5.91 Å². The fourth-order valence-corrected chi connectivity index (χ4v) is 2.89. The third kappa shape index (κ3) is 4.42. The van der Waals surface area contributed by atoms with Crippen molar-refractivity contribution in [2.24, 2.45) is 0 Å². The first-order chi connectivity index (χ1) is 11.3. The van der Waals surface area contributed by atoms with Gasteiger partial charge in [-0.3, -0.25) is 9.89 Å². The van der Waals surface area contributed by atoms with Gasteiger partial charge in [0.05, 0.1) is 11.8 Å². The summed E-state index contributed by atoms with van der Waals surface area (Å²) >= 11 is 0. The summed E-state index contributed by atoms with van der Waals surface area (Å²) in [4.78, 5) is 12.1. The first-order valence-electron chi connectivity index (χ1n) is 8.32. The highest BCUT2D eigenvalue weighted by Crippen LogP contribution is 2.18. The number of hydrogen-bond donors (Lipinski definition) is 2. The highest BCUT2D eigenvalue weighted by molar-refractivity contribution is 5.94. The zero-order chi connectivity index (χ0) is 15.9. The molecule has 23 heavy (non-hydrogen) atoms. The van der Waals surface area contributed by atoms with Crippen LogP contribution in [0.4, 0.5) is 0 Å². The molecule has 1 amide bonds. The van der Waals surface area contributed by atoms with E-state index >= 15 is 0 Å². The maximum Gasteiger partial charge on any atom is 0.251 e. The summed E-state index contributed by atoms with van der Waals surface area (Å²) in [5.41, 5.74) is 2.66. The summed E-state index contributed by atoms with van der Waals surface area (Å²) in [5.74, 6) is -0.0155. The Labute approximate surface area is 136 Å². The van der Waals surface area contributed by atoms with Crippen molar-refractivity contribution in [3.8, 4) is 11.3 Å². The van der Waals surface area contributed by atoms with Crippen LogP contribution in [0, 0.1) is 0 Å². The zero-order valence-corrected chi connectivity index (χ0v) is 13.3. The second-order valence-corrected chi connectivity index (χ2v) is 5.93. The molecule has 1 aromatic heterocycles. The lowest BCUT2D eigenvalue weighted by atomic mass is 10.1. The number of H-pyrrole nitrogens is 1. The van der Waals surface area contributed by atoms with Gasteiger partial charge in [0.1, 0.15) is 0 Å². The summed E-state index contributed by atoms with van der Waals surface area (Å²) in [6, 6.07) is 9.46. The molecule has 1 aromatic carbocycles. The third-order valence-corrected chi connectivity index (χ3v) is 4.22. The van der Waals surface area contributed by atoms with Crippen molar-refractivity contribution in [2.45, 2.75) is 38.2 Å². The highest BCUT2D eigenvalue weighted by atomic mass is 16.5. The van der Waals surface area contributed by atoms with Crippen molar-refractivity contribution in [1.29, 1.82) is 0 Å². The molecule has 0 spiro atoms. The largest absolute Gasteiger partial charge is 0.378 e. The monoisotopic (exact) mass is 313 g/mol. The number of aromatic amines is 1. The lowest BCUT2D eigenvalue weighted by Gasteiger charge is -2.09. The lowest BCUT2D eigenvalue weighted by Crippen LogP contribution is -2.24. The topological polar surface area (TPSA) is 67.0 Å². The second-order valence-electron chi connectivity index (χ2n) is 5.93. The van der Waals surface area contributed by atoms with Crippen LogP contribution in [0.1, 0.15) is 42.5 Å². The van der Waals surface area contributed by atoms with E-state index in [1.54, 1.807) is 6.20 Å². The molecule has 0 unspecified atom stereocenters. The summed E-state index contributed by atoms with van der Waals surface area (Å²) in [5, 5.41) is 9.82. The van der Waals surface area contributed by atoms with Crippen molar-refractivity contribution in [1.82, 2.24) is 15.5 Å². The molecule has 0 bridgehead atoms. The smallest absolute Gasteiger partial charge is 0.251 e. The Bertz CT molecular complexity index is 602. The minimum absolute atomic E-state index is 0.0155. The van der Waals surface area contributed by atoms with Gasteiger partial charge < -0.3 is 10.1 Å². The number of aromatic nitrogens is 2. The fourth-order valence-electron chi connectivity index (χ4n) is 2.89. The van der Waals surface area contributed by atoms with Crippen LogP contribution in [-0.2, 0) is 4.74 Å². The molecule has 2 heterocycles. The molecule has 5 heteroatoms. The molecule has 2 N–H and O–H groups in total. The van der Waals surface area contributed by atoms with E-state index in [2.05, 4.69) is 15.5 Å². The van der Waals surface area contributed by atoms with Gasteiger partial charge in [0, 0.05) is 24.9 Å². The van der Waals surface area contributed by atoms with Gasteiger partial charge in [-0.05, 0) is 55.9 Å². The Morgan fingerprint density at radius 3 is 2.83 bits per heavy atom. The number of unbranched alkanes of at least 4 members (excludes halogenated alkanes) is 1. The maximum atomic E-state index is 12.1. The van der Waals surface area contributed by atoms with Crippen molar-refractivity contribution < 1.29 is 9.53 Å². The third-order valence-electron chi connectivity index (χ3n) is 4.22. The van der Waals surface area contributed by atoms with Crippen molar-refractivity contribution in [3.63, 3.8) is 0 Å². The molecular weight excluding hydrogens is 290 g/mol. The zero-order valence-electron chi connectivity index (χ0n) is 13.3. The van der Waals surface area contributed by atoms with Crippen LogP contribution in [0.2, 0.25) is 0 Å². The number of nitrogens with one attached hydrogen (secondary N) is 2. The SMILES string of the molecule is O=C(NCCCC[C@H]1CCCO1)c1ccc(-c2ccn[nH]2)cc1. The van der Waals surface area contributed by atoms with Crippen LogP contribution in [-0.4, -0.2) is 35.4 Å². The van der Waals surface area contributed by atoms with Gasteiger partial charge >= 0.3 is 0 Å². The molecule has 3 rings (SSSR count). The molecule has 1 aliphatic heterocycles. The number of nitrogens with zero attached hydrogens (tertiary/aromatic N) is 1. The second kappa shape index (κ2) is 7.92. The highest BCUT2D eigenvalue weighted by Gasteiger charge is 2.14. The van der Waals surface area contributed by atoms with Gasteiger partial charge in [0.2, 0.25) is 0 Å². The summed E-state index contributed by atoms with van der Waals surface area (Å²) in [6.45, 7) is 1.63. The van der Waals surface area contributed by atoms with E-state index < -0.39 is 0 Å². The molecule has 2 aromatic rings. The molecule has 1 fully saturated rings. The predicted octanol–water partition coefficient (Wildman–Crippen LogP) is 3.16. The number of ether oxygens (including phenoxy) is 1. The van der Waals surface area contributed by atoms with Crippen LogP contribution >= 0.6 is 0 Å². The molecule has 0 saturated carbocycles.